The smallest absolute Gasteiger partial charge is 0.147 e. The van der Waals surface area contributed by atoms with E-state index >= 15 is 0 Å². The maximum Gasteiger partial charge on any atom is 0.147 e. The van der Waals surface area contributed by atoms with E-state index in [0.717, 1.165) is 25.7 Å². The Balaban J connectivity index is 2.00. The SMILES string of the molecule is CCOCO[C@H]1CCCC=C1C1=CCCC[C@@H]1OCOCC. The first-order valence-electron chi connectivity index (χ1n) is 8.66. The van der Waals surface area contributed by atoms with E-state index < -0.39 is 0 Å². The molecule has 0 N–H and O–H groups in total. The van der Waals surface area contributed by atoms with E-state index in [9.17, 15) is 0 Å². The highest BCUT2D eigenvalue weighted by Crippen LogP contribution is 2.34. The van der Waals surface area contributed by atoms with Crippen LogP contribution in [0.15, 0.2) is 23.3 Å². The second kappa shape index (κ2) is 10.2. The number of allylic oxidation sites excluding steroid dienone is 2. The van der Waals surface area contributed by atoms with Gasteiger partial charge in [-0.15, -0.1) is 0 Å². The third kappa shape index (κ3) is 5.20. The van der Waals surface area contributed by atoms with Gasteiger partial charge >= 0.3 is 0 Å². The quantitative estimate of drug-likeness (QED) is 0.477. The Labute approximate surface area is 134 Å². The van der Waals surface area contributed by atoms with E-state index in [4.69, 9.17) is 18.9 Å². The molecule has 0 saturated heterocycles. The largest absolute Gasteiger partial charge is 0.356 e. The van der Waals surface area contributed by atoms with Gasteiger partial charge in [0.15, 0.2) is 0 Å². The molecule has 2 aliphatic rings. The van der Waals surface area contributed by atoms with E-state index in [1.807, 2.05) is 13.8 Å². The van der Waals surface area contributed by atoms with Crippen molar-refractivity contribution in [2.24, 2.45) is 0 Å². The third-order valence-electron chi connectivity index (χ3n) is 4.21. The van der Waals surface area contributed by atoms with Crippen molar-refractivity contribution < 1.29 is 18.9 Å². The van der Waals surface area contributed by atoms with Crippen molar-refractivity contribution in [3.05, 3.63) is 23.3 Å². The molecule has 2 atom stereocenters. The van der Waals surface area contributed by atoms with Crippen LogP contribution in [-0.2, 0) is 18.9 Å². The average Bonchev–Trinajstić information content (AvgIpc) is 2.56. The molecule has 0 spiro atoms. The molecule has 0 bridgehead atoms. The molecule has 0 amide bonds. The van der Waals surface area contributed by atoms with Gasteiger partial charge in [-0.1, -0.05) is 12.2 Å². The Kier molecular flexibility index (Phi) is 8.16. The molecule has 0 radical (unpaired) electrons. The Morgan fingerprint density at radius 3 is 1.68 bits per heavy atom. The fraction of sp³-hybridized carbons (Fsp3) is 0.778. The standard InChI is InChI=1S/C18H30O4/c1-3-19-13-21-17-11-7-5-9-15(17)16-10-6-8-12-18(16)22-14-20-4-2/h9-10,17-18H,3-8,11-14H2,1-2H3/t17-,18-/m0/s1. The molecule has 4 nitrogen and oxygen atoms in total. The van der Waals surface area contributed by atoms with Gasteiger partial charge in [0.1, 0.15) is 13.6 Å². The van der Waals surface area contributed by atoms with Crippen LogP contribution < -0.4 is 0 Å². The molecule has 22 heavy (non-hydrogen) atoms. The van der Waals surface area contributed by atoms with Crippen LogP contribution in [0.5, 0.6) is 0 Å². The van der Waals surface area contributed by atoms with E-state index in [-0.39, 0.29) is 12.2 Å². The Hall–Kier alpha value is -0.680. The molecule has 0 saturated carbocycles. The molecule has 0 heterocycles. The monoisotopic (exact) mass is 310 g/mol. The lowest BCUT2D eigenvalue weighted by molar-refractivity contribution is -0.0866. The zero-order chi connectivity index (χ0) is 15.6. The van der Waals surface area contributed by atoms with E-state index in [0.29, 0.717) is 26.8 Å². The van der Waals surface area contributed by atoms with Crippen molar-refractivity contribution in [1.82, 2.24) is 0 Å². The molecular weight excluding hydrogens is 280 g/mol. The lowest BCUT2D eigenvalue weighted by Gasteiger charge is -2.32. The van der Waals surface area contributed by atoms with Crippen molar-refractivity contribution >= 4 is 0 Å². The van der Waals surface area contributed by atoms with Gasteiger partial charge in [-0.2, -0.15) is 0 Å². The summed E-state index contributed by atoms with van der Waals surface area (Å²) in [6, 6.07) is 0. The predicted molar refractivity (Wildman–Crippen MR) is 86.6 cm³/mol. The van der Waals surface area contributed by atoms with Crippen LogP contribution in [0, 0.1) is 0 Å². The summed E-state index contributed by atoms with van der Waals surface area (Å²) >= 11 is 0. The summed E-state index contributed by atoms with van der Waals surface area (Å²) in [5.74, 6) is 0. The van der Waals surface area contributed by atoms with E-state index in [2.05, 4.69) is 12.2 Å². The zero-order valence-corrected chi connectivity index (χ0v) is 14.0. The number of ether oxygens (including phenoxy) is 4. The van der Waals surface area contributed by atoms with Crippen LogP contribution in [0.25, 0.3) is 0 Å². The fourth-order valence-electron chi connectivity index (χ4n) is 3.08. The molecule has 0 fully saturated rings. The van der Waals surface area contributed by atoms with E-state index in [1.165, 1.54) is 24.0 Å². The first-order valence-corrected chi connectivity index (χ1v) is 8.66. The number of hydrogen-bond donors (Lipinski definition) is 0. The molecule has 0 aromatic rings. The van der Waals surface area contributed by atoms with Crippen molar-refractivity contribution in [2.75, 3.05) is 26.8 Å². The summed E-state index contributed by atoms with van der Waals surface area (Å²) in [7, 11) is 0. The summed E-state index contributed by atoms with van der Waals surface area (Å²) in [6.07, 6.45) is 11.7. The van der Waals surface area contributed by atoms with Gasteiger partial charge < -0.3 is 18.9 Å². The Bertz CT molecular complexity index is 339. The van der Waals surface area contributed by atoms with Gasteiger partial charge in [0, 0.05) is 13.2 Å². The highest BCUT2D eigenvalue weighted by Gasteiger charge is 2.28. The van der Waals surface area contributed by atoms with Crippen LogP contribution in [-0.4, -0.2) is 39.0 Å². The minimum atomic E-state index is 0.142. The van der Waals surface area contributed by atoms with E-state index in [1.54, 1.807) is 0 Å². The van der Waals surface area contributed by atoms with Gasteiger partial charge in [-0.05, 0) is 63.5 Å². The molecule has 2 aliphatic carbocycles. The van der Waals surface area contributed by atoms with Gasteiger partial charge in [-0.25, -0.2) is 0 Å². The summed E-state index contributed by atoms with van der Waals surface area (Å²) in [5, 5.41) is 0. The fourth-order valence-corrected chi connectivity index (χ4v) is 3.08. The molecular formula is C18H30O4. The van der Waals surface area contributed by atoms with Crippen LogP contribution >= 0.6 is 0 Å². The third-order valence-corrected chi connectivity index (χ3v) is 4.21. The molecule has 0 aliphatic heterocycles. The van der Waals surface area contributed by atoms with Crippen molar-refractivity contribution in [3.63, 3.8) is 0 Å². The molecule has 4 heteroatoms. The first-order chi connectivity index (χ1) is 10.9. The Morgan fingerprint density at radius 2 is 1.27 bits per heavy atom. The maximum atomic E-state index is 5.95. The predicted octanol–water partition coefficient (Wildman–Crippen LogP) is 3.97. The molecule has 0 unspecified atom stereocenters. The minimum absolute atomic E-state index is 0.142. The molecule has 0 aromatic carbocycles. The summed E-state index contributed by atoms with van der Waals surface area (Å²) < 4.78 is 22.6. The minimum Gasteiger partial charge on any atom is -0.356 e. The Morgan fingerprint density at radius 1 is 0.818 bits per heavy atom. The van der Waals surface area contributed by atoms with Crippen molar-refractivity contribution in [1.29, 1.82) is 0 Å². The second-order valence-electron chi connectivity index (χ2n) is 5.71. The van der Waals surface area contributed by atoms with Crippen LogP contribution in [0.4, 0.5) is 0 Å². The topological polar surface area (TPSA) is 36.9 Å². The van der Waals surface area contributed by atoms with Gasteiger partial charge in [-0.3, -0.25) is 0 Å². The summed E-state index contributed by atoms with van der Waals surface area (Å²) in [5.41, 5.74) is 2.62. The van der Waals surface area contributed by atoms with Crippen molar-refractivity contribution in [2.45, 2.75) is 64.6 Å². The highest BCUT2D eigenvalue weighted by molar-refractivity contribution is 5.39. The maximum absolute atomic E-state index is 5.95. The molecule has 2 rings (SSSR count). The molecule has 0 aromatic heterocycles. The number of hydrogen-bond acceptors (Lipinski definition) is 4. The van der Waals surface area contributed by atoms with Gasteiger partial charge in [0.25, 0.3) is 0 Å². The van der Waals surface area contributed by atoms with Crippen LogP contribution in [0.1, 0.15) is 52.4 Å². The second-order valence-corrected chi connectivity index (χ2v) is 5.71. The molecule has 126 valence electrons. The zero-order valence-electron chi connectivity index (χ0n) is 14.0. The summed E-state index contributed by atoms with van der Waals surface area (Å²) in [6.45, 7) is 6.10. The lowest BCUT2D eigenvalue weighted by Crippen LogP contribution is -2.29. The number of rotatable bonds is 9. The first kappa shape index (κ1) is 17.7. The van der Waals surface area contributed by atoms with Crippen LogP contribution in [0.2, 0.25) is 0 Å². The lowest BCUT2D eigenvalue weighted by atomic mass is 9.84. The van der Waals surface area contributed by atoms with Gasteiger partial charge in [0.2, 0.25) is 0 Å². The average molecular weight is 310 g/mol. The normalized spacial score (nSPS) is 25.7. The summed E-state index contributed by atoms with van der Waals surface area (Å²) in [4.78, 5) is 0. The van der Waals surface area contributed by atoms with Crippen LogP contribution in [0.3, 0.4) is 0 Å². The highest BCUT2D eigenvalue weighted by atomic mass is 16.7. The van der Waals surface area contributed by atoms with Crippen molar-refractivity contribution in [3.8, 4) is 0 Å². The van der Waals surface area contributed by atoms with Gasteiger partial charge in [0.05, 0.1) is 12.2 Å².